The summed E-state index contributed by atoms with van der Waals surface area (Å²) < 4.78 is 42.5. The third-order valence-electron chi connectivity index (χ3n) is 4.28. The minimum absolute atomic E-state index is 0.0296. The molecule has 0 bridgehead atoms. The quantitative estimate of drug-likeness (QED) is 0.566. The molecule has 0 aromatic heterocycles. The Morgan fingerprint density at radius 1 is 1.18 bits per heavy atom. The molecule has 3 rings (SSSR count). The molecule has 2 aromatic rings. The van der Waals surface area contributed by atoms with Gasteiger partial charge in [-0.25, -0.2) is 9.18 Å². The van der Waals surface area contributed by atoms with Gasteiger partial charge in [0.05, 0.1) is 0 Å². The zero-order chi connectivity index (χ0) is 20.5. The Bertz CT molecular complexity index is 1030. The summed E-state index contributed by atoms with van der Waals surface area (Å²) in [5, 5.41) is 2.46. The van der Waals surface area contributed by atoms with Crippen LogP contribution in [0.4, 0.5) is 9.18 Å². The number of carbonyl (C=O) groups excluding carboxylic acids is 2. The first-order chi connectivity index (χ1) is 13.1. The number of imide groups is 1. The first-order valence-electron chi connectivity index (χ1n) is 8.19. The fraction of sp³-hybridized carbons (Fsp3) is 0.222. The Labute approximate surface area is 166 Å². The molecular formula is C18H16ClFN2O5S. The second-order valence-corrected chi connectivity index (χ2v) is 8.39. The number of urea groups is 1. The lowest BCUT2D eigenvalue weighted by Crippen LogP contribution is -2.41. The Morgan fingerprint density at radius 3 is 2.50 bits per heavy atom. The summed E-state index contributed by atoms with van der Waals surface area (Å²) in [6.07, 6.45) is 0. The lowest BCUT2D eigenvalue weighted by Gasteiger charge is -2.23. The highest BCUT2D eigenvalue weighted by atomic mass is 35.5. The number of hydrogen-bond acceptors (Lipinski definition) is 5. The van der Waals surface area contributed by atoms with Gasteiger partial charge in [0.2, 0.25) is 0 Å². The molecule has 1 fully saturated rings. The van der Waals surface area contributed by atoms with Gasteiger partial charge in [-0.1, -0.05) is 35.9 Å². The monoisotopic (exact) mass is 426 g/mol. The molecule has 2 aromatic carbocycles. The van der Waals surface area contributed by atoms with E-state index in [1.807, 2.05) is 0 Å². The molecule has 3 amide bonds. The largest absolute Gasteiger partial charge is 0.382 e. The van der Waals surface area contributed by atoms with Crippen molar-refractivity contribution >= 4 is 33.7 Å². The van der Waals surface area contributed by atoms with Crippen LogP contribution in [0.3, 0.4) is 0 Å². The van der Waals surface area contributed by atoms with Crippen molar-refractivity contribution in [2.45, 2.75) is 12.5 Å². The zero-order valence-electron chi connectivity index (χ0n) is 14.7. The van der Waals surface area contributed by atoms with E-state index in [1.54, 1.807) is 18.2 Å². The van der Waals surface area contributed by atoms with E-state index in [0.29, 0.717) is 0 Å². The first-order valence-corrected chi connectivity index (χ1v) is 10.1. The molecule has 7 nitrogen and oxygen atoms in total. The molecule has 1 N–H and O–H groups in total. The molecule has 1 atom stereocenters. The van der Waals surface area contributed by atoms with Crippen molar-refractivity contribution in [1.29, 1.82) is 0 Å². The Morgan fingerprint density at radius 2 is 1.86 bits per heavy atom. The summed E-state index contributed by atoms with van der Waals surface area (Å²) in [4.78, 5) is 25.8. The average Bonchev–Trinajstić information content (AvgIpc) is 2.83. The van der Waals surface area contributed by atoms with Crippen molar-refractivity contribution in [3.8, 4) is 5.75 Å². The van der Waals surface area contributed by atoms with Crippen molar-refractivity contribution in [2.24, 2.45) is 0 Å². The van der Waals surface area contributed by atoms with Gasteiger partial charge in [0.25, 0.3) is 5.91 Å². The molecule has 1 saturated heterocycles. The smallest absolute Gasteiger partial charge is 0.325 e. The summed E-state index contributed by atoms with van der Waals surface area (Å²) >= 11 is 6.02. The van der Waals surface area contributed by atoms with Crippen LogP contribution >= 0.6 is 11.6 Å². The van der Waals surface area contributed by atoms with Crippen molar-refractivity contribution in [2.75, 3.05) is 12.3 Å². The minimum atomic E-state index is -4.03. The van der Waals surface area contributed by atoms with Crippen molar-refractivity contribution in [3.05, 3.63) is 64.9 Å². The number of nitrogens with one attached hydrogen (secondary N) is 1. The van der Waals surface area contributed by atoms with E-state index in [4.69, 9.17) is 15.8 Å². The highest BCUT2D eigenvalue weighted by Crippen LogP contribution is 2.34. The van der Waals surface area contributed by atoms with E-state index in [1.165, 1.54) is 25.1 Å². The van der Waals surface area contributed by atoms with E-state index < -0.39 is 45.7 Å². The van der Waals surface area contributed by atoms with Gasteiger partial charge in [-0.3, -0.25) is 9.69 Å². The second-order valence-electron chi connectivity index (χ2n) is 6.29. The molecular weight excluding hydrogens is 411 g/mol. The lowest BCUT2D eigenvalue weighted by molar-refractivity contribution is -0.130. The van der Waals surface area contributed by atoms with Gasteiger partial charge < -0.3 is 9.50 Å². The third kappa shape index (κ3) is 3.95. The van der Waals surface area contributed by atoms with Crippen LogP contribution in [-0.4, -0.2) is 37.6 Å². The zero-order valence-corrected chi connectivity index (χ0v) is 16.3. The summed E-state index contributed by atoms with van der Waals surface area (Å²) in [5.41, 5.74) is -1.33. The second kappa shape index (κ2) is 7.40. The Kier molecular flexibility index (Phi) is 5.31. The topological polar surface area (TPSA) is 92.8 Å². The Balaban J connectivity index is 1.75. The maximum Gasteiger partial charge on any atom is 0.325 e. The minimum Gasteiger partial charge on any atom is -0.382 e. The fourth-order valence-electron chi connectivity index (χ4n) is 2.84. The molecule has 10 heteroatoms. The van der Waals surface area contributed by atoms with Crippen LogP contribution in [0.2, 0.25) is 5.02 Å². The maximum atomic E-state index is 13.3. The van der Waals surface area contributed by atoms with Gasteiger partial charge in [0.1, 0.15) is 22.9 Å². The van der Waals surface area contributed by atoms with E-state index >= 15 is 0 Å². The van der Waals surface area contributed by atoms with Crippen LogP contribution in [0.15, 0.2) is 48.5 Å². The fourth-order valence-corrected chi connectivity index (χ4v) is 4.10. The van der Waals surface area contributed by atoms with E-state index in [9.17, 15) is 22.4 Å². The molecule has 0 spiro atoms. The number of benzene rings is 2. The van der Waals surface area contributed by atoms with Gasteiger partial charge in [-0.05, 0) is 31.2 Å². The van der Waals surface area contributed by atoms with Crippen LogP contribution in [0.25, 0.3) is 0 Å². The number of hydrogen-bond donors (Lipinski definition) is 1. The Hall–Kier alpha value is -2.65. The number of nitrogens with zero attached hydrogens (tertiary/aromatic N) is 1. The highest BCUT2D eigenvalue weighted by molar-refractivity contribution is 7.87. The van der Waals surface area contributed by atoms with Crippen LogP contribution in [0.1, 0.15) is 12.5 Å². The van der Waals surface area contributed by atoms with Gasteiger partial charge >= 0.3 is 16.1 Å². The summed E-state index contributed by atoms with van der Waals surface area (Å²) in [6, 6.07) is 10.5. The summed E-state index contributed by atoms with van der Waals surface area (Å²) in [7, 11) is -4.03. The highest BCUT2D eigenvalue weighted by Gasteiger charge is 2.50. The van der Waals surface area contributed by atoms with E-state index in [0.717, 1.165) is 17.0 Å². The number of carbonyl (C=O) groups is 2. The molecule has 1 aliphatic rings. The van der Waals surface area contributed by atoms with Crippen LogP contribution in [0.5, 0.6) is 5.75 Å². The van der Waals surface area contributed by atoms with E-state index in [-0.39, 0.29) is 16.3 Å². The molecule has 0 aliphatic carbocycles. The predicted octanol–water partition coefficient (Wildman–Crippen LogP) is 2.65. The van der Waals surface area contributed by atoms with Crippen LogP contribution in [-0.2, 0) is 20.5 Å². The van der Waals surface area contributed by atoms with Gasteiger partial charge in [0, 0.05) is 17.1 Å². The SMILES string of the molecule is CC1(c2ccc(F)cc2Cl)NC(=O)N(CCS(=O)(=O)Oc2ccccc2)C1=O. The van der Waals surface area contributed by atoms with Crippen LogP contribution < -0.4 is 9.50 Å². The van der Waals surface area contributed by atoms with Gasteiger partial charge in [0.15, 0.2) is 0 Å². The van der Waals surface area contributed by atoms with Crippen LogP contribution in [0, 0.1) is 5.82 Å². The number of para-hydroxylation sites is 1. The number of halogens is 2. The molecule has 1 unspecified atom stereocenters. The lowest BCUT2D eigenvalue weighted by atomic mass is 9.92. The maximum absolute atomic E-state index is 13.3. The summed E-state index contributed by atoms with van der Waals surface area (Å²) in [6.45, 7) is 1.01. The normalized spacial score (nSPS) is 19.6. The molecule has 0 radical (unpaired) electrons. The molecule has 28 heavy (non-hydrogen) atoms. The number of amides is 3. The molecule has 1 aliphatic heterocycles. The molecule has 1 heterocycles. The van der Waals surface area contributed by atoms with Gasteiger partial charge in [-0.15, -0.1) is 0 Å². The first kappa shape index (κ1) is 20.1. The predicted molar refractivity (Wildman–Crippen MR) is 99.9 cm³/mol. The molecule has 0 saturated carbocycles. The molecule has 148 valence electrons. The average molecular weight is 427 g/mol. The third-order valence-corrected chi connectivity index (χ3v) is 5.72. The standard InChI is InChI=1S/C18H16ClFN2O5S/c1-18(14-8-7-12(20)11-15(14)19)16(23)22(17(24)21-18)9-10-28(25,26)27-13-5-3-2-4-6-13/h2-8,11H,9-10H2,1H3,(H,21,24). The van der Waals surface area contributed by atoms with Gasteiger partial charge in [-0.2, -0.15) is 8.42 Å². The van der Waals surface area contributed by atoms with E-state index in [2.05, 4.69) is 5.32 Å². The van der Waals surface area contributed by atoms with Crippen molar-refractivity contribution < 1.29 is 26.6 Å². The summed E-state index contributed by atoms with van der Waals surface area (Å²) in [5.74, 6) is -1.74. The number of rotatable bonds is 6. The van der Waals surface area contributed by atoms with Crippen molar-refractivity contribution in [3.63, 3.8) is 0 Å². The van der Waals surface area contributed by atoms with Crippen molar-refractivity contribution in [1.82, 2.24) is 10.2 Å².